The van der Waals surface area contributed by atoms with Crippen LogP contribution in [-0.4, -0.2) is 13.0 Å². The van der Waals surface area contributed by atoms with Crippen molar-refractivity contribution >= 4 is 28.1 Å². The van der Waals surface area contributed by atoms with Crippen molar-refractivity contribution in [1.82, 2.24) is 0 Å². The molecule has 3 aromatic carbocycles. The molecule has 0 radical (unpaired) electrons. The van der Waals surface area contributed by atoms with E-state index in [1.807, 2.05) is 36.4 Å². The van der Waals surface area contributed by atoms with Crippen LogP contribution in [0.2, 0.25) is 0 Å². The van der Waals surface area contributed by atoms with Crippen molar-refractivity contribution in [2.75, 3.05) is 18.2 Å². The first-order valence-corrected chi connectivity index (χ1v) is 6.91. The Morgan fingerprint density at radius 1 is 1.05 bits per heavy atom. The van der Waals surface area contributed by atoms with Gasteiger partial charge in [-0.25, -0.2) is 0 Å². The molecule has 0 aliphatic heterocycles. The molecule has 0 aliphatic rings. The molecule has 3 aromatic rings. The van der Waals surface area contributed by atoms with Crippen LogP contribution < -0.4 is 15.8 Å². The summed E-state index contributed by atoms with van der Waals surface area (Å²) >= 11 is 0. The lowest BCUT2D eigenvalue weighted by Crippen LogP contribution is -2.13. The number of carbonyl (C=O) groups is 1. The van der Waals surface area contributed by atoms with Crippen LogP contribution in [-0.2, 0) is 0 Å². The topological polar surface area (TPSA) is 64.3 Å². The summed E-state index contributed by atoms with van der Waals surface area (Å²) in [7, 11) is 1.57. The fraction of sp³-hybridized carbons (Fsp3) is 0.0556. The monoisotopic (exact) mass is 292 g/mol. The molecular weight excluding hydrogens is 276 g/mol. The molecule has 0 spiro atoms. The second-order valence-electron chi connectivity index (χ2n) is 4.93. The highest BCUT2D eigenvalue weighted by molar-refractivity contribution is 6.13. The predicted molar refractivity (Wildman–Crippen MR) is 89.3 cm³/mol. The van der Waals surface area contributed by atoms with Crippen LogP contribution in [0.15, 0.2) is 60.7 Å². The summed E-state index contributed by atoms with van der Waals surface area (Å²) in [5, 5.41) is 4.79. The first-order chi connectivity index (χ1) is 10.7. The normalized spacial score (nSPS) is 10.4. The third kappa shape index (κ3) is 2.59. The van der Waals surface area contributed by atoms with Crippen molar-refractivity contribution in [2.45, 2.75) is 0 Å². The lowest BCUT2D eigenvalue weighted by atomic mass is 10.0. The molecule has 0 bridgehead atoms. The molecule has 22 heavy (non-hydrogen) atoms. The predicted octanol–water partition coefficient (Wildman–Crippen LogP) is 3.68. The quantitative estimate of drug-likeness (QED) is 0.724. The first-order valence-electron chi connectivity index (χ1n) is 6.91. The maximum Gasteiger partial charge on any atom is 0.256 e. The number of nitrogens with two attached hydrogens (primary N) is 1. The van der Waals surface area contributed by atoms with E-state index < -0.39 is 0 Å². The summed E-state index contributed by atoms with van der Waals surface area (Å²) in [5.74, 6) is 0.467. The van der Waals surface area contributed by atoms with Crippen molar-refractivity contribution < 1.29 is 9.53 Å². The van der Waals surface area contributed by atoms with Gasteiger partial charge in [0.1, 0.15) is 5.75 Å². The number of nitrogen functional groups attached to an aromatic ring is 1. The Labute approximate surface area is 128 Å². The molecule has 0 aliphatic carbocycles. The van der Waals surface area contributed by atoms with Crippen LogP contribution in [0.3, 0.4) is 0 Å². The number of hydrogen-bond donors (Lipinski definition) is 2. The highest BCUT2D eigenvalue weighted by atomic mass is 16.5. The highest BCUT2D eigenvalue weighted by Crippen LogP contribution is 2.25. The van der Waals surface area contributed by atoms with Gasteiger partial charge in [-0.15, -0.1) is 0 Å². The second-order valence-corrected chi connectivity index (χ2v) is 4.93. The minimum absolute atomic E-state index is 0.186. The molecule has 4 heteroatoms. The van der Waals surface area contributed by atoms with E-state index in [4.69, 9.17) is 10.5 Å². The van der Waals surface area contributed by atoms with E-state index >= 15 is 0 Å². The third-order valence-corrected chi connectivity index (χ3v) is 3.54. The van der Waals surface area contributed by atoms with Crippen LogP contribution in [0.1, 0.15) is 10.4 Å². The molecule has 0 unspecified atom stereocenters. The van der Waals surface area contributed by atoms with E-state index in [9.17, 15) is 4.79 Å². The number of ether oxygens (including phenoxy) is 1. The maximum atomic E-state index is 12.5. The summed E-state index contributed by atoms with van der Waals surface area (Å²) in [6.45, 7) is 0. The molecule has 0 atom stereocenters. The van der Waals surface area contributed by atoms with Gasteiger partial charge in [-0.3, -0.25) is 4.79 Å². The lowest BCUT2D eigenvalue weighted by molar-refractivity contribution is 0.102. The molecular formula is C18H16N2O2. The molecule has 0 saturated carbocycles. The zero-order valence-electron chi connectivity index (χ0n) is 12.2. The minimum atomic E-state index is -0.186. The fourth-order valence-corrected chi connectivity index (χ4v) is 2.39. The summed E-state index contributed by atoms with van der Waals surface area (Å²) < 4.78 is 5.10. The van der Waals surface area contributed by atoms with Crippen LogP contribution in [0.25, 0.3) is 10.8 Å². The second kappa shape index (κ2) is 5.77. The summed E-state index contributed by atoms with van der Waals surface area (Å²) in [6.07, 6.45) is 0. The molecule has 0 fully saturated rings. The van der Waals surface area contributed by atoms with Gasteiger partial charge in [-0.05, 0) is 29.0 Å². The Bertz CT molecular complexity index is 838. The van der Waals surface area contributed by atoms with Crippen LogP contribution in [0.4, 0.5) is 11.4 Å². The zero-order chi connectivity index (χ0) is 15.5. The Hall–Kier alpha value is -3.01. The maximum absolute atomic E-state index is 12.5. The zero-order valence-corrected chi connectivity index (χ0v) is 12.2. The van der Waals surface area contributed by atoms with Crippen LogP contribution >= 0.6 is 0 Å². The number of carbonyl (C=O) groups excluding carboxylic acids is 1. The number of methoxy groups -OCH3 is 1. The van der Waals surface area contributed by atoms with Gasteiger partial charge in [0.2, 0.25) is 0 Å². The fourth-order valence-electron chi connectivity index (χ4n) is 2.39. The number of hydrogen-bond acceptors (Lipinski definition) is 3. The van der Waals surface area contributed by atoms with Gasteiger partial charge in [0.25, 0.3) is 5.91 Å². The van der Waals surface area contributed by atoms with Gasteiger partial charge in [0.05, 0.1) is 18.5 Å². The SMILES string of the molecule is COc1ccc(NC(=O)c2cccc3ccccc23)c(N)c1. The average Bonchev–Trinajstić information content (AvgIpc) is 2.56. The van der Waals surface area contributed by atoms with Gasteiger partial charge in [-0.2, -0.15) is 0 Å². The van der Waals surface area contributed by atoms with Gasteiger partial charge >= 0.3 is 0 Å². The van der Waals surface area contributed by atoms with E-state index in [0.29, 0.717) is 22.7 Å². The average molecular weight is 292 g/mol. The number of fused-ring (bicyclic) bond motifs is 1. The molecule has 0 aromatic heterocycles. The Balaban J connectivity index is 1.94. The smallest absolute Gasteiger partial charge is 0.256 e. The van der Waals surface area contributed by atoms with Gasteiger partial charge in [0.15, 0.2) is 0 Å². The Kier molecular flexibility index (Phi) is 3.66. The van der Waals surface area contributed by atoms with E-state index in [0.717, 1.165) is 10.8 Å². The lowest BCUT2D eigenvalue weighted by Gasteiger charge is -2.11. The molecule has 0 heterocycles. The first kappa shape index (κ1) is 13.9. The van der Waals surface area contributed by atoms with E-state index in [2.05, 4.69) is 5.32 Å². The number of amides is 1. The highest BCUT2D eigenvalue weighted by Gasteiger charge is 2.11. The van der Waals surface area contributed by atoms with Gasteiger partial charge in [0, 0.05) is 11.6 Å². The Morgan fingerprint density at radius 2 is 1.82 bits per heavy atom. The molecule has 3 rings (SSSR count). The molecule has 0 saturated heterocycles. The molecule has 110 valence electrons. The molecule has 4 nitrogen and oxygen atoms in total. The van der Waals surface area contributed by atoms with Gasteiger partial charge in [-0.1, -0.05) is 36.4 Å². The molecule has 1 amide bonds. The third-order valence-electron chi connectivity index (χ3n) is 3.54. The number of benzene rings is 3. The van der Waals surface area contributed by atoms with E-state index in [-0.39, 0.29) is 5.91 Å². The number of rotatable bonds is 3. The van der Waals surface area contributed by atoms with Crippen LogP contribution in [0, 0.1) is 0 Å². The van der Waals surface area contributed by atoms with Crippen molar-refractivity contribution in [3.8, 4) is 5.75 Å². The van der Waals surface area contributed by atoms with Gasteiger partial charge < -0.3 is 15.8 Å². The van der Waals surface area contributed by atoms with Crippen molar-refractivity contribution in [1.29, 1.82) is 0 Å². The standard InChI is InChI=1S/C18H16N2O2/c1-22-13-9-10-17(16(19)11-13)20-18(21)15-8-4-6-12-5-2-3-7-14(12)15/h2-11H,19H2,1H3,(H,20,21). The van der Waals surface area contributed by atoms with E-state index in [1.54, 1.807) is 31.4 Å². The van der Waals surface area contributed by atoms with E-state index in [1.165, 1.54) is 0 Å². The minimum Gasteiger partial charge on any atom is -0.497 e. The van der Waals surface area contributed by atoms with Crippen LogP contribution in [0.5, 0.6) is 5.75 Å². The Morgan fingerprint density at radius 3 is 2.59 bits per heavy atom. The number of anilines is 2. The van der Waals surface area contributed by atoms with Crippen molar-refractivity contribution in [3.05, 3.63) is 66.2 Å². The molecule has 3 N–H and O–H groups in total. The summed E-state index contributed by atoms with van der Waals surface area (Å²) in [6, 6.07) is 18.6. The summed E-state index contributed by atoms with van der Waals surface area (Å²) in [4.78, 5) is 12.5. The summed E-state index contributed by atoms with van der Waals surface area (Å²) in [5.41, 5.74) is 7.59. The largest absolute Gasteiger partial charge is 0.497 e. The van der Waals surface area contributed by atoms with Crippen molar-refractivity contribution in [3.63, 3.8) is 0 Å². The number of nitrogens with one attached hydrogen (secondary N) is 1. The van der Waals surface area contributed by atoms with Crippen molar-refractivity contribution in [2.24, 2.45) is 0 Å².